The molecule has 0 aliphatic rings. The molecule has 0 saturated heterocycles. The third-order valence-corrected chi connectivity index (χ3v) is 2.99. The van der Waals surface area contributed by atoms with Gasteiger partial charge in [-0.3, -0.25) is 0 Å². The zero-order chi connectivity index (χ0) is 14.0. The molecule has 0 bridgehead atoms. The first-order valence-corrected chi connectivity index (χ1v) is 6.48. The number of nitrogens with zero attached hydrogens (tertiary/aromatic N) is 3. The molecule has 19 heavy (non-hydrogen) atoms. The lowest BCUT2D eigenvalue weighted by molar-refractivity contribution is 0.831. The Balaban J connectivity index is 2.56. The molecule has 1 heterocycles. The molecule has 98 valence electrons. The number of anilines is 1. The number of nitrogens with one attached hydrogen (secondary N) is 1. The molecule has 0 radical (unpaired) electrons. The van der Waals surface area contributed by atoms with Crippen molar-refractivity contribution in [2.24, 2.45) is 0 Å². The average molecular weight is 295 g/mol. The van der Waals surface area contributed by atoms with E-state index in [4.69, 9.17) is 28.5 Å². The van der Waals surface area contributed by atoms with Crippen LogP contribution >= 0.6 is 23.2 Å². The molecule has 6 heteroatoms. The van der Waals surface area contributed by atoms with Crippen molar-refractivity contribution in [2.45, 2.75) is 19.9 Å². The molecular formula is C13H12Cl2N4. The first-order chi connectivity index (χ1) is 9.02. The van der Waals surface area contributed by atoms with Crippen LogP contribution in [0, 0.1) is 11.3 Å². The van der Waals surface area contributed by atoms with Crippen molar-refractivity contribution in [3.63, 3.8) is 0 Å². The van der Waals surface area contributed by atoms with Gasteiger partial charge < -0.3 is 5.32 Å². The number of hydrogen-bond donors (Lipinski definition) is 1. The fourth-order valence-electron chi connectivity index (χ4n) is 1.68. The van der Waals surface area contributed by atoms with E-state index in [0.717, 1.165) is 0 Å². The van der Waals surface area contributed by atoms with Crippen LogP contribution in [0.3, 0.4) is 0 Å². The summed E-state index contributed by atoms with van der Waals surface area (Å²) in [5.74, 6) is 0.627. The second-order valence-electron chi connectivity index (χ2n) is 4.33. The highest BCUT2D eigenvalue weighted by atomic mass is 35.5. The summed E-state index contributed by atoms with van der Waals surface area (Å²) in [6.07, 6.45) is 1.51. The molecule has 0 saturated carbocycles. The van der Waals surface area contributed by atoms with E-state index in [0.29, 0.717) is 27.1 Å². The summed E-state index contributed by atoms with van der Waals surface area (Å²) in [7, 11) is 0. The second-order valence-corrected chi connectivity index (χ2v) is 5.17. The number of hydrogen-bond acceptors (Lipinski definition) is 3. The summed E-state index contributed by atoms with van der Waals surface area (Å²) in [5.41, 5.74) is 1.15. The molecule has 1 aromatic carbocycles. The molecule has 4 nitrogen and oxygen atoms in total. The fraction of sp³-hybridized carbons (Fsp3) is 0.231. The molecule has 2 aromatic rings. The summed E-state index contributed by atoms with van der Waals surface area (Å²) < 4.78 is 1.61. The van der Waals surface area contributed by atoms with Crippen LogP contribution in [0.4, 0.5) is 5.82 Å². The molecule has 0 amide bonds. The van der Waals surface area contributed by atoms with E-state index in [1.54, 1.807) is 22.9 Å². The van der Waals surface area contributed by atoms with Crippen molar-refractivity contribution in [3.05, 3.63) is 40.0 Å². The van der Waals surface area contributed by atoms with Gasteiger partial charge in [-0.1, -0.05) is 23.2 Å². The van der Waals surface area contributed by atoms with Gasteiger partial charge in [0.15, 0.2) is 0 Å². The highest BCUT2D eigenvalue weighted by molar-refractivity contribution is 6.35. The molecule has 2 rings (SSSR count). The van der Waals surface area contributed by atoms with E-state index in [2.05, 4.69) is 16.5 Å². The minimum Gasteiger partial charge on any atom is -0.367 e. The lowest BCUT2D eigenvalue weighted by atomic mass is 10.3. The summed E-state index contributed by atoms with van der Waals surface area (Å²) in [5, 5.41) is 17.5. The molecule has 1 N–H and O–H groups in total. The van der Waals surface area contributed by atoms with Crippen LogP contribution in [0.1, 0.15) is 19.4 Å². The smallest absolute Gasteiger partial charge is 0.148 e. The Hall–Kier alpha value is -1.70. The topological polar surface area (TPSA) is 53.6 Å². The highest BCUT2D eigenvalue weighted by Crippen LogP contribution is 2.28. The molecule has 0 aliphatic heterocycles. The third kappa shape index (κ3) is 2.83. The lowest BCUT2D eigenvalue weighted by Gasteiger charge is -2.14. The summed E-state index contributed by atoms with van der Waals surface area (Å²) in [4.78, 5) is 0. The van der Waals surface area contributed by atoms with E-state index >= 15 is 0 Å². The van der Waals surface area contributed by atoms with Crippen LogP contribution in [0.2, 0.25) is 10.0 Å². The van der Waals surface area contributed by atoms with E-state index in [1.807, 2.05) is 13.8 Å². The Labute approximate surface area is 121 Å². The Morgan fingerprint density at radius 2 is 2.11 bits per heavy atom. The highest BCUT2D eigenvalue weighted by Gasteiger charge is 2.15. The average Bonchev–Trinajstić information content (AvgIpc) is 2.71. The van der Waals surface area contributed by atoms with Crippen LogP contribution in [0.15, 0.2) is 24.4 Å². The zero-order valence-electron chi connectivity index (χ0n) is 10.5. The van der Waals surface area contributed by atoms with Gasteiger partial charge in [-0.05, 0) is 32.0 Å². The maximum atomic E-state index is 9.11. The molecule has 0 unspecified atom stereocenters. The molecular weight excluding hydrogens is 283 g/mol. The minimum atomic E-state index is 0.175. The number of aromatic nitrogens is 2. The lowest BCUT2D eigenvalue weighted by Crippen LogP contribution is -2.14. The van der Waals surface area contributed by atoms with Crippen LogP contribution < -0.4 is 5.32 Å². The van der Waals surface area contributed by atoms with Gasteiger partial charge in [0.05, 0.1) is 16.9 Å². The Morgan fingerprint density at radius 3 is 2.68 bits per heavy atom. The number of nitriles is 1. The van der Waals surface area contributed by atoms with E-state index in [9.17, 15) is 0 Å². The monoisotopic (exact) mass is 294 g/mol. The third-order valence-electron chi connectivity index (χ3n) is 2.45. The van der Waals surface area contributed by atoms with Crippen LogP contribution in [0.5, 0.6) is 0 Å². The molecule has 0 spiro atoms. The first-order valence-electron chi connectivity index (χ1n) is 5.73. The summed E-state index contributed by atoms with van der Waals surface area (Å²) >= 11 is 12.0. The largest absolute Gasteiger partial charge is 0.367 e. The number of benzene rings is 1. The molecule has 1 aromatic heterocycles. The van der Waals surface area contributed by atoms with Gasteiger partial charge in [0.1, 0.15) is 17.5 Å². The maximum absolute atomic E-state index is 9.11. The minimum absolute atomic E-state index is 0.175. The normalized spacial score (nSPS) is 10.5. The Kier molecular flexibility index (Phi) is 3.98. The Morgan fingerprint density at radius 1 is 1.37 bits per heavy atom. The van der Waals surface area contributed by atoms with E-state index in [1.165, 1.54) is 6.20 Å². The van der Waals surface area contributed by atoms with Gasteiger partial charge in [0.2, 0.25) is 0 Å². The van der Waals surface area contributed by atoms with Crippen molar-refractivity contribution in [1.82, 2.24) is 9.78 Å². The number of rotatable bonds is 3. The fourth-order valence-corrected chi connectivity index (χ4v) is 2.17. The predicted octanol–water partition coefficient (Wildman–Crippen LogP) is 3.87. The Bertz CT molecular complexity index is 641. The van der Waals surface area contributed by atoms with Crippen molar-refractivity contribution >= 4 is 29.0 Å². The van der Waals surface area contributed by atoms with Gasteiger partial charge in [-0.15, -0.1) is 0 Å². The first kappa shape index (κ1) is 13.7. The molecule has 0 fully saturated rings. The van der Waals surface area contributed by atoms with Crippen molar-refractivity contribution < 1.29 is 0 Å². The van der Waals surface area contributed by atoms with E-state index < -0.39 is 0 Å². The van der Waals surface area contributed by atoms with E-state index in [-0.39, 0.29) is 6.04 Å². The maximum Gasteiger partial charge on any atom is 0.148 e. The number of halogens is 2. The van der Waals surface area contributed by atoms with Gasteiger partial charge in [0, 0.05) is 11.1 Å². The van der Waals surface area contributed by atoms with Gasteiger partial charge >= 0.3 is 0 Å². The predicted molar refractivity (Wildman–Crippen MR) is 77.1 cm³/mol. The van der Waals surface area contributed by atoms with Crippen LogP contribution in [-0.2, 0) is 0 Å². The standard InChI is InChI=1S/C13H12Cl2N4/c1-8(2)18-13-9(6-16)7-17-19(13)12-4-3-10(14)5-11(12)15/h3-5,7-8,18H,1-2H3. The summed E-state index contributed by atoms with van der Waals surface area (Å²) in [6.45, 7) is 3.98. The van der Waals surface area contributed by atoms with Gasteiger partial charge in [-0.2, -0.15) is 10.4 Å². The summed E-state index contributed by atoms with van der Waals surface area (Å²) in [6, 6.07) is 7.43. The van der Waals surface area contributed by atoms with Gasteiger partial charge in [0.25, 0.3) is 0 Å². The van der Waals surface area contributed by atoms with Crippen molar-refractivity contribution in [3.8, 4) is 11.8 Å². The molecule has 0 aliphatic carbocycles. The van der Waals surface area contributed by atoms with Crippen LogP contribution in [-0.4, -0.2) is 15.8 Å². The quantitative estimate of drug-likeness (QED) is 0.935. The zero-order valence-corrected chi connectivity index (χ0v) is 12.0. The van der Waals surface area contributed by atoms with Crippen molar-refractivity contribution in [1.29, 1.82) is 5.26 Å². The SMILES string of the molecule is CC(C)Nc1c(C#N)cnn1-c1ccc(Cl)cc1Cl. The second kappa shape index (κ2) is 5.52. The van der Waals surface area contributed by atoms with Crippen LogP contribution in [0.25, 0.3) is 5.69 Å². The van der Waals surface area contributed by atoms with Crippen molar-refractivity contribution in [2.75, 3.05) is 5.32 Å². The van der Waals surface area contributed by atoms with Gasteiger partial charge in [-0.25, -0.2) is 4.68 Å². The molecule has 0 atom stereocenters.